The van der Waals surface area contributed by atoms with Crippen LogP contribution in [0.25, 0.3) is 0 Å². The van der Waals surface area contributed by atoms with Crippen molar-refractivity contribution in [3.8, 4) is 0 Å². The highest BCUT2D eigenvalue weighted by Crippen LogP contribution is 2.32. The van der Waals surface area contributed by atoms with Crippen molar-refractivity contribution in [2.45, 2.75) is 50.0 Å². The summed E-state index contributed by atoms with van der Waals surface area (Å²) in [6.07, 6.45) is 7.68. The van der Waals surface area contributed by atoms with Crippen LogP contribution in [0.4, 0.5) is 5.82 Å². The highest BCUT2D eigenvalue weighted by Gasteiger charge is 2.31. The van der Waals surface area contributed by atoms with E-state index in [1.54, 1.807) is 6.33 Å². The molecule has 2 fully saturated rings. The maximum atomic E-state index is 10.4. The SMILES string of the molecule is CN(CCC1(O)CCCC1)c1cc([C@@H]2CCOC2)ncn1. The number of hydrogen-bond acceptors (Lipinski definition) is 5. The van der Waals surface area contributed by atoms with E-state index < -0.39 is 5.60 Å². The molecule has 0 spiro atoms. The van der Waals surface area contributed by atoms with Crippen LogP contribution in [0.15, 0.2) is 12.4 Å². The van der Waals surface area contributed by atoms with E-state index in [1.807, 2.05) is 7.05 Å². The maximum Gasteiger partial charge on any atom is 0.131 e. The Bertz CT molecular complexity index is 468. The van der Waals surface area contributed by atoms with Gasteiger partial charge in [-0.05, 0) is 25.7 Å². The van der Waals surface area contributed by atoms with Gasteiger partial charge < -0.3 is 14.7 Å². The number of ether oxygens (including phenoxy) is 1. The van der Waals surface area contributed by atoms with Crippen LogP contribution >= 0.6 is 0 Å². The standard InChI is InChI=1S/C16H25N3O2/c1-19(8-7-16(20)5-2-3-6-16)15-10-14(17-12-18-15)13-4-9-21-11-13/h10,12-13,20H,2-9,11H2,1H3/t13-/m1/s1. The van der Waals surface area contributed by atoms with Gasteiger partial charge in [-0.25, -0.2) is 9.97 Å². The summed E-state index contributed by atoms with van der Waals surface area (Å²) in [7, 11) is 2.04. The minimum Gasteiger partial charge on any atom is -0.390 e. The first-order valence-electron chi connectivity index (χ1n) is 7.99. The van der Waals surface area contributed by atoms with Crippen molar-refractivity contribution < 1.29 is 9.84 Å². The van der Waals surface area contributed by atoms with E-state index in [0.29, 0.717) is 5.92 Å². The van der Waals surface area contributed by atoms with Crippen molar-refractivity contribution in [1.82, 2.24) is 9.97 Å². The Labute approximate surface area is 126 Å². The molecule has 0 bridgehead atoms. The Kier molecular flexibility index (Phi) is 4.40. The van der Waals surface area contributed by atoms with Crippen LogP contribution in [0.5, 0.6) is 0 Å². The molecule has 1 aliphatic heterocycles. The zero-order valence-electron chi connectivity index (χ0n) is 12.8. The third-order valence-corrected chi connectivity index (χ3v) is 4.86. The van der Waals surface area contributed by atoms with Crippen molar-refractivity contribution in [3.63, 3.8) is 0 Å². The highest BCUT2D eigenvalue weighted by molar-refractivity contribution is 5.38. The summed E-state index contributed by atoms with van der Waals surface area (Å²) < 4.78 is 5.43. The summed E-state index contributed by atoms with van der Waals surface area (Å²) in [5, 5.41) is 10.4. The van der Waals surface area contributed by atoms with Crippen LogP contribution in [-0.4, -0.2) is 47.5 Å². The Morgan fingerprint density at radius 1 is 1.38 bits per heavy atom. The van der Waals surface area contributed by atoms with Crippen LogP contribution < -0.4 is 4.90 Å². The lowest BCUT2D eigenvalue weighted by Gasteiger charge is -2.26. The van der Waals surface area contributed by atoms with Crippen LogP contribution in [0, 0.1) is 0 Å². The molecule has 1 N–H and O–H groups in total. The van der Waals surface area contributed by atoms with Gasteiger partial charge in [-0.1, -0.05) is 12.8 Å². The van der Waals surface area contributed by atoms with E-state index in [0.717, 1.165) is 69.8 Å². The largest absolute Gasteiger partial charge is 0.390 e. The summed E-state index contributed by atoms with van der Waals surface area (Å²) in [6.45, 7) is 2.42. The van der Waals surface area contributed by atoms with Gasteiger partial charge in [0, 0.05) is 32.2 Å². The Hall–Kier alpha value is -1.20. The van der Waals surface area contributed by atoms with Gasteiger partial charge in [-0.15, -0.1) is 0 Å². The molecule has 1 saturated carbocycles. The average molecular weight is 291 g/mol. The molecule has 116 valence electrons. The van der Waals surface area contributed by atoms with Gasteiger partial charge in [0.25, 0.3) is 0 Å². The van der Waals surface area contributed by atoms with E-state index in [2.05, 4.69) is 20.9 Å². The van der Waals surface area contributed by atoms with Gasteiger partial charge in [0.2, 0.25) is 0 Å². The second-order valence-corrected chi connectivity index (χ2v) is 6.46. The van der Waals surface area contributed by atoms with E-state index >= 15 is 0 Å². The fourth-order valence-corrected chi connectivity index (χ4v) is 3.33. The third-order valence-electron chi connectivity index (χ3n) is 4.86. The molecule has 0 amide bonds. The normalized spacial score (nSPS) is 24.4. The molecule has 2 heterocycles. The number of anilines is 1. The van der Waals surface area contributed by atoms with Crippen molar-refractivity contribution in [2.75, 3.05) is 31.7 Å². The molecule has 0 aromatic carbocycles. The Morgan fingerprint density at radius 2 is 2.19 bits per heavy atom. The van der Waals surface area contributed by atoms with Crippen LogP contribution in [0.3, 0.4) is 0 Å². The van der Waals surface area contributed by atoms with E-state index in [9.17, 15) is 5.11 Å². The highest BCUT2D eigenvalue weighted by atomic mass is 16.5. The molecule has 1 aromatic heterocycles. The quantitative estimate of drug-likeness (QED) is 0.900. The summed E-state index contributed by atoms with van der Waals surface area (Å²) in [5.74, 6) is 1.34. The van der Waals surface area contributed by atoms with Gasteiger partial charge in [0.15, 0.2) is 0 Å². The van der Waals surface area contributed by atoms with Crippen molar-refractivity contribution in [3.05, 3.63) is 18.1 Å². The number of hydrogen-bond donors (Lipinski definition) is 1. The van der Waals surface area contributed by atoms with Gasteiger partial charge in [-0.3, -0.25) is 0 Å². The monoisotopic (exact) mass is 291 g/mol. The molecule has 1 aromatic rings. The fourth-order valence-electron chi connectivity index (χ4n) is 3.33. The molecule has 0 radical (unpaired) electrons. The summed E-state index contributed by atoms with van der Waals surface area (Å²) in [4.78, 5) is 10.9. The van der Waals surface area contributed by atoms with Crippen molar-refractivity contribution >= 4 is 5.82 Å². The first-order valence-corrected chi connectivity index (χ1v) is 7.99. The zero-order valence-corrected chi connectivity index (χ0v) is 12.8. The minimum absolute atomic E-state index is 0.402. The minimum atomic E-state index is -0.455. The molecular weight excluding hydrogens is 266 g/mol. The Balaban J connectivity index is 1.61. The molecular formula is C16H25N3O2. The number of nitrogens with zero attached hydrogens (tertiary/aromatic N) is 3. The second kappa shape index (κ2) is 6.28. The molecule has 5 heteroatoms. The van der Waals surface area contributed by atoms with Gasteiger partial charge in [-0.2, -0.15) is 0 Å². The number of aliphatic hydroxyl groups is 1. The van der Waals surface area contributed by atoms with Crippen LogP contribution in [0.2, 0.25) is 0 Å². The van der Waals surface area contributed by atoms with E-state index in [4.69, 9.17) is 4.74 Å². The van der Waals surface area contributed by atoms with Crippen LogP contribution in [0.1, 0.15) is 50.1 Å². The zero-order chi connectivity index (χ0) is 14.7. The predicted molar refractivity (Wildman–Crippen MR) is 81.5 cm³/mol. The lowest BCUT2D eigenvalue weighted by Crippen LogP contribution is -2.31. The lowest BCUT2D eigenvalue weighted by molar-refractivity contribution is 0.0410. The van der Waals surface area contributed by atoms with Crippen molar-refractivity contribution in [1.29, 1.82) is 0 Å². The van der Waals surface area contributed by atoms with E-state index in [-0.39, 0.29) is 0 Å². The summed E-state index contributed by atoms with van der Waals surface area (Å²) >= 11 is 0. The average Bonchev–Trinajstić information content (AvgIpc) is 3.17. The lowest BCUT2D eigenvalue weighted by atomic mass is 9.98. The van der Waals surface area contributed by atoms with E-state index in [1.165, 1.54) is 0 Å². The number of aromatic nitrogens is 2. The molecule has 3 rings (SSSR count). The third kappa shape index (κ3) is 3.52. The predicted octanol–water partition coefficient (Wildman–Crippen LogP) is 2.11. The van der Waals surface area contributed by atoms with Gasteiger partial charge in [0.05, 0.1) is 17.9 Å². The molecule has 1 aliphatic carbocycles. The topological polar surface area (TPSA) is 58.5 Å². The molecule has 21 heavy (non-hydrogen) atoms. The van der Waals surface area contributed by atoms with Gasteiger partial charge >= 0.3 is 0 Å². The second-order valence-electron chi connectivity index (χ2n) is 6.46. The Morgan fingerprint density at radius 3 is 2.90 bits per heavy atom. The fraction of sp³-hybridized carbons (Fsp3) is 0.750. The van der Waals surface area contributed by atoms with Crippen molar-refractivity contribution in [2.24, 2.45) is 0 Å². The van der Waals surface area contributed by atoms with Gasteiger partial charge in [0.1, 0.15) is 12.1 Å². The molecule has 0 unspecified atom stereocenters. The van der Waals surface area contributed by atoms with Crippen LogP contribution in [-0.2, 0) is 4.74 Å². The molecule has 5 nitrogen and oxygen atoms in total. The molecule has 1 atom stereocenters. The first kappa shape index (κ1) is 14.7. The summed E-state index contributed by atoms with van der Waals surface area (Å²) in [6, 6.07) is 2.07. The molecule has 1 saturated heterocycles. The maximum absolute atomic E-state index is 10.4. The number of rotatable bonds is 5. The molecule has 2 aliphatic rings. The first-order chi connectivity index (χ1) is 10.2. The smallest absolute Gasteiger partial charge is 0.131 e. The summed E-state index contributed by atoms with van der Waals surface area (Å²) in [5.41, 5.74) is 0.618.